The van der Waals surface area contributed by atoms with Crippen LogP contribution in [0.5, 0.6) is 11.5 Å². The van der Waals surface area contributed by atoms with Crippen molar-refractivity contribution in [3.63, 3.8) is 0 Å². The highest BCUT2D eigenvalue weighted by molar-refractivity contribution is 5.94. The lowest BCUT2D eigenvalue weighted by Crippen LogP contribution is -2.20. The van der Waals surface area contributed by atoms with Crippen molar-refractivity contribution in [1.29, 1.82) is 0 Å². The van der Waals surface area contributed by atoms with Crippen LogP contribution in [0.25, 0.3) is 6.08 Å². The summed E-state index contributed by atoms with van der Waals surface area (Å²) in [6, 6.07) is 11.0. The summed E-state index contributed by atoms with van der Waals surface area (Å²) in [6.07, 6.45) is 2.87. The summed E-state index contributed by atoms with van der Waals surface area (Å²) in [4.78, 5) is 23.9. The third-order valence-corrected chi connectivity index (χ3v) is 4.12. The Balaban J connectivity index is 1.89. The second-order valence-electron chi connectivity index (χ2n) is 6.36. The van der Waals surface area contributed by atoms with Crippen LogP contribution in [0, 0.1) is 13.8 Å². The largest absolute Gasteiger partial charge is 0.490 e. The smallest absolute Gasteiger partial charge is 0.331 e. The van der Waals surface area contributed by atoms with Crippen molar-refractivity contribution in [3.05, 3.63) is 59.2 Å². The van der Waals surface area contributed by atoms with Gasteiger partial charge in [0.25, 0.3) is 5.91 Å². The van der Waals surface area contributed by atoms with E-state index in [1.54, 1.807) is 18.2 Å². The number of carbonyl (C=O) groups is 2. The van der Waals surface area contributed by atoms with Crippen LogP contribution < -0.4 is 14.8 Å². The summed E-state index contributed by atoms with van der Waals surface area (Å²) in [5, 5.41) is 2.71. The maximum atomic E-state index is 12.0. The van der Waals surface area contributed by atoms with Gasteiger partial charge in [0, 0.05) is 11.8 Å². The molecule has 0 saturated carbocycles. The van der Waals surface area contributed by atoms with Crippen molar-refractivity contribution in [3.8, 4) is 11.5 Å². The lowest BCUT2D eigenvalue weighted by atomic mass is 10.1. The first-order chi connectivity index (χ1) is 13.9. The van der Waals surface area contributed by atoms with Gasteiger partial charge >= 0.3 is 5.97 Å². The fourth-order valence-corrected chi connectivity index (χ4v) is 2.54. The number of hydrogen-bond donors (Lipinski definition) is 1. The van der Waals surface area contributed by atoms with Gasteiger partial charge < -0.3 is 19.5 Å². The summed E-state index contributed by atoms with van der Waals surface area (Å²) in [5.41, 5.74) is 3.64. The molecule has 0 aliphatic rings. The Hall–Kier alpha value is -3.28. The van der Waals surface area contributed by atoms with E-state index in [2.05, 4.69) is 5.32 Å². The highest BCUT2D eigenvalue weighted by Gasteiger charge is 2.08. The van der Waals surface area contributed by atoms with E-state index in [1.807, 2.05) is 52.0 Å². The number of rotatable bonds is 9. The topological polar surface area (TPSA) is 73.9 Å². The van der Waals surface area contributed by atoms with Gasteiger partial charge in [-0.2, -0.15) is 0 Å². The summed E-state index contributed by atoms with van der Waals surface area (Å²) in [7, 11) is 0. The standard InChI is InChI=1S/C23H27NO5/c1-5-27-20-11-8-18(14-21(20)28-6-2)9-12-23(26)29-15-22(25)24-19-10-7-16(3)17(4)13-19/h7-14H,5-6,15H2,1-4H3,(H,24,25)/b12-9+. The molecule has 0 bridgehead atoms. The predicted octanol–water partition coefficient (Wildman–Crippen LogP) is 4.30. The fourth-order valence-electron chi connectivity index (χ4n) is 2.54. The van der Waals surface area contributed by atoms with Crippen LogP contribution in [0.4, 0.5) is 5.69 Å². The van der Waals surface area contributed by atoms with E-state index in [-0.39, 0.29) is 6.61 Å². The molecule has 6 heteroatoms. The normalized spacial score (nSPS) is 10.6. The number of aryl methyl sites for hydroxylation is 2. The van der Waals surface area contributed by atoms with Crippen LogP contribution in [0.1, 0.15) is 30.5 Å². The molecule has 0 radical (unpaired) electrons. The van der Waals surface area contributed by atoms with Crippen molar-refractivity contribution in [2.75, 3.05) is 25.1 Å². The average Bonchev–Trinajstić information content (AvgIpc) is 2.69. The van der Waals surface area contributed by atoms with Gasteiger partial charge in [0.05, 0.1) is 13.2 Å². The Morgan fingerprint density at radius 3 is 2.34 bits per heavy atom. The molecule has 0 aromatic heterocycles. The van der Waals surface area contributed by atoms with Crippen LogP contribution in [-0.4, -0.2) is 31.7 Å². The van der Waals surface area contributed by atoms with Crippen molar-refractivity contribution in [1.82, 2.24) is 0 Å². The molecule has 1 amide bonds. The first-order valence-corrected chi connectivity index (χ1v) is 9.54. The average molecular weight is 397 g/mol. The molecule has 154 valence electrons. The molecule has 0 aliphatic heterocycles. The van der Waals surface area contributed by atoms with Gasteiger partial charge in [0.15, 0.2) is 18.1 Å². The molecule has 6 nitrogen and oxygen atoms in total. The number of ether oxygens (including phenoxy) is 3. The minimum atomic E-state index is -0.605. The van der Waals surface area contributed by atoms with E-state index in [0.717, 1.165) is 16.7 Å². The van der Waals surface area contributed by atoms with E-state index < -0.39 is 11.9 Å². The Kier molecular flexibility index (Phi) is 8.27. The van der Waals surface area contributed by atoms with Gasteiger partial charge in [-0.15, -0.1) is 0 Å². The number of hydrogen-bond acceptors (Lipinski definition) is 5. The lowest BCUT2D eigenvalue weighted by Gasteiger charge is -2.11. The molecule has 29 heavy (non-hydrogen) atoms. The second kappa shape index (κ2) is 10.9. The van der Waals surface area contributed by atoms with E-state index in [4.69, 9.17) is 14.2 Å². The lowest BCUT2D eigenvalue weighted by molar-refractivity contribution is -0.142. The summed E-state index contributed by atoms with van der Waals surface area (Å²) >= 11 is 0. The monoisotopic (exact) mass is 397 g/mol. The molecule has 0 spiro atoms. The maximum absolute atomic E-state index is 12.0. The molecule has 0 aliphatic carbocycles. The molecule has 0 atom stereocenters. The van der Waals surface area contributed by atoms with Gasteiger partial charge in [0.2, 0.25) is 0 Å². The van der Waals surface area contributed by atoms with Gasteiger partial charge in [-0.25, -0.2) is 4.79 Å². The minimum absolute atomic E-state index is 0.358. The number of amides is 1. The summed E-state index contributed by atoms with van der Waals surface area (Å²) in [6.45, 7) is 8.43. The van der Waals surface area contributed by atoms with Gasteiger partial charge in [-0.05, 0) is 74.7 Å². The number of benzene rings is 2. The van der Waals surface area contributed by atoms with E-state index >= 15 is 0 Å². The molecule has 0 unspecified atom stereocenters. The first kappa shape index (κ1) is 22.0. The fraction of sp³-hybridized carbons (Fsp3) is 0.304. The van der Waals surface area contributed by atoms with Crippen LogP contribution in [0.15, 0.2) is 42.5 Å². The summed E-state index contributed by atoms with van der Waals surface area (Å²) in [5.74, 6) is 0.261. The van der Waals surface area contributed by atoms with E-state index in [9.17, 15) is 9.59 Å². The number of anilines is 1. The Labute approximate surface area is 171 Å². The highest BCUT2D eigenvalue weighted by atomic mass is 16.5. The first-order valence-electron chi connectivity index (χ1n) is 9.54. The van der Waals surface area contributed by atoms with Crippen molar-refractivity contribution >= 4 is 23.6 Å². The molecular formula is C23H27NO5. The quantitative estimate of drug-likeness (QED) is 0.505. The molecule has 0 saturated heterocycles. The third kappa shape index (κ3) is 6.99. The Morgan fingerprint density at radius 2 is 1.66 bits per heavy atom. The van der Waals surface area contributed by atoms with Crippen LogP contribution >= 0.6 is 0 Å². The van der Waals surface area contributed by atoms with Gasteiger partial charge in [0.1, 0.15) is 0 Å². The summed E-state index contributed by atoms with van der Waals surface area (Å²) < 4.78 is 16.1. The zero-order valence-electron chi connectivity index (χ0n) is 17.3. The Morgan fingerprint density at radius 1 is 0.931 bits per heavy atom. The third-order valence-electron chi connectivity index (χ3n) is 4.12. The Bertz CT molecular complexity index is 889. The maximum Gasteiger partial charge on any atom is 0.331 e. The number of esters is 1. The number of carbonyl (C=O) groups excluding carboxylic acids is 2. The molecular weight excluding hydrogens is 370 g/mol. The molecule has 0 heterocycles. The minimum Gasteiger partial charge on any atom is -0.490 e. The highest BCUT2D eigenvalue weighted by Crippen LogP contribution is 2.29. The van der Waals surface area contributed by atoms with Gasteiger partial charge in [-0.3, -0.25) is 4.79 Å². The molecule has 0 fully saturated rings. The van der Waals surface area contributed by atoms with E-state index in [1.165, 1.54) is 6.08 Å². The molecule has 1 N–H and O–H groups in total. The van der Waals surface area contributed by atoms with Crippen LogP contribution in [-0.2, 0) is 14.3 Å². The molecule has 2 aromatic carbocycles. The molecule has 2 rings (SSSR count). The van der Waals surface area contributed by atoms with Crippen molar-refractivity contribution < 1.29 is 23.8 Å². The van der Waals surface area contributed by atoms with Crippen molar-refractivity contribution in [2.45, 2.75) is 27.7 Å². The zero-order chi connectivity index (χ0) is 21.2. The zero-order valence-corrected chi connectivity index (χ0v) is 17.3. The molecule has 2 aromatic rings. The second-order valence-corrected chi connectivity index (χ2v) is 6.36. The number of nitrogens with one attached hydrogen (secondary N) is 1. The van der Waals surface area contributed by atoms with E-state index in [0.29, 0.717) is 30.4 Å². The van der Waals surface area contributed by atoms with Crippen molar-refractivity contribution in [2.24, 2.45) is 0 Å². The van der Waals surface area contributed by atoms with Gasteiger partial charge in [-0.1, -0.05) is 12.1 Å². The van der Waals surface area contributed by atoms with Crippen LogP contribution in [0.3, 0.4) is 0 Å². The predicted molar refractivity (Wildman–Crippen MR) is 113 cm³/mol. The SMILES string of the molecule is CCOc1ccc(/C=C/C(=O)OCC(=O)Nc2ccc(C)c(C)c2)cc1OCC. The van der Waals surface area contributed by atoms with Crippen LogP contribution in [0.2, 0.25) is 0 Å².